The third-order valence-corrected chi connectivity index (χ3v) is 15.3. The number of rotatable bonds is 8. The van der Waals surface area contributed by atoms with Crippen molar-refractivity contribution in [2.75, 3.05) is 4.90 Å². The summed E-state index contributed by atoms with van der Waals surface area (Å²) in [6.07, 6.45) is 0. The summed E-state index contributed by atoms with van der Waals surface area (Å²) in [7, 11) is 0. The van der Waals surface area contributed by atoms with Gasteiger partial charge in [-0.15, -0.1) is 0 Å². The number of hydrogen-bond acceptors (Lipinski definition) is 1. The molecule has 0 spiro atoms. The van der Waals surface area contributed by atoms with Crippen LogP contribution < -0.4 is 4.90 Å². The zero-order valence-corrected chi connectivity index (χ0v) is 39.6. The Bertz CT molecular complexity index is 4130. The second kappa shape index (κ2) is 17.0. The highest BCUT2D eigenvalue weighted by molar-refractivity contribution is 6.14. The molecule has 1 heteroatoms. The number of fused-ring (bicyclic) bond motifs is 9. The van der Waals surface area contributed by atoms with Crippen LogP contribution >= 0.6 is 0 Å². The zero-order valence-electron chi connectivity index (χ0n) is 39.6. The fraction of sp³-hybridized carbons (Fsp3) is 0.0141. The summed E-state index contributed by atoms with van der Waals surface area (Å²) < 4.78 is 0. The van der Waals surface area contributed by atoms with Gasteiger partial charge in [0.05, 0.1) is 5.41 Å². The smallest absolute Gasteiger partial charge is 0.0713 e. The molecule has 0 saturated carbocycles. The lowest BCUT2D eigenvalue weighted by Crippen LogP contribution is -2.28. The van der Waals surface area contributed by atoms with E-state index in [9.17, 15) is 0 Å². The zero-order chi connectivity index (χ0) is 47.6. The minimum atomic E-state index is -0.459. The van der Waals surface area contributed by atoms with Gasteiger partial charge in [0.15, 0.2) is 0 Å². The van der Waals surface area contributed by atoms with E-state index in [1.807, 2.05) is 0 Å². The highest BCUT2D eigenvalue weighted by Gasteiger charge is 2.46. The van der Waals surface area contributed by atoms with Crippen molar-refractivity contribution in [3.05, 3.63) is 307 Å². The maximum absolute atomic E-state index is 2.45. The van der Waals surface area contributed by atoms with Crippen LogP contribution in [0.25, 0.3) is 87.6 Å². The Kier molecular flexibility index (Phi) is 9.82. The van der Waals surface area contributed by atoms with E-state index in [1.54, 1.807) is 0 Å². The molecular weight excluding hydrogens is 867 g/mol. The van der Waals surface area contributed by atoms with Crippen molar-refractivity contribution in [3.63, 3.8) is 0 Å². The minimum Gasteiger partial charge on any atom is -0.311 e. The second-order valence-corrected chi connectivity index (χ2v) is 19.2. The number of benzene rings is 13. The van der Waals surface area contributed by atoms with Gasteiger partial charge in [-0.3, -0.25) is 0 Å². The summed E-state index contributed by atoms with van der Waals surface area (Å²) in [5.74, 6) is 0. The first-order valence-corrected chi connectivity index (χ1v) is 25.0. The van der Waals surface area contributed by atoms with Gasteiger partial charge in [0, 0.05) is 17.1 Å². The lowest BCUT2D eigenvalue weighted by molar-refractivity contribution is 0.769. The Morgan fingerprint density at radius 1 is 0.222 bits per heavy atom. The summed E-state index contributed by atoms with van der Waals surface area (Å²) in [4.78, 5) is 2.39. The predicted molar refractivity (Wildman–Crippen MR) is 305 cm³/mol. The molecule has 0 N–H and O–H groups in total. The summed E-state index contributed by atoms with van der Waals surface area (Å²) >= 11 is 0. The van der Waals surface area contributed by atoms with Crippen LogP contribution in [0.4, 0.5) is 17.1 Å². The van der Waals surface area contributed by atoms with Crippen LogP contribution in [0.3, 0.4) is 0 Å². The molecule has 0 radical (unpaired) electrons. The normalized spacial score (nSPS) is 12.6. The first-order valence-electron chi connectivity index (χ1n) is 25.0. The number of hydrogen-bond donors (Lipinski definition) is 0. The SMILES string of the molecule is c1ccc(C2(c3ccccc3)c3ccccc3-c3ccc(-c4ccc(N(c5ccc(-c6ccc7ccc8ccccc8c7c6)cc5)c5ccc(-c6cc7ccccc7c7ccccc67)cc5)cc4)cc32)cc1. The van der Waals surface area contributed by atoms with Crippen molar-refractivity contribution in [1.29, 1.82) is 0 Å². The molecule has 0 bridgehead atoms. The van der Waals surface area contributed by atoms with Crippen LogP contribution in [0.5, 0.6) is 0 Å². The Morgan fingerprint density at radius 2 is 0.653 bits per heavy atom. The van der Waals surface area contributed by atoms with Gasteiger partial charge in [-0.1, -0.05) is 231 Å². The van der Waals surface area contributed by atoms with Gasteiger partial charge in [-0.25, -0.2) is 0 Å². The van der Waals surface area contributed by atoms with Crippen molar-refractivity contribution in [3.8, 4) is 44.5 Å². The highest BCUT2D eigenvalue weighted by Crippen LogP contribution is 2.57. The third kappa shape index (κ3) is 6.70. The van der Waals surface area contributed by atoms with Gasteiger partial charge in [0.2, 0.25) is 0 Å². The third-order valence-electron chi connectivity index (χ3n) is 15.3. The molecule has 0 aromatic heterocycles. The molecule has 0 heterocycles. The Hall–Kier alpha value is -9.30. The maximum atomic E-state index is 2.45. The summed E-state index contributed by atoms with van der Waals surface area (Å²) in [6.45, 7) is 0. The maximum Gasteiger partial charge on any atom is 0.0713 e. The van der Waals surface area contributed by atoms with Crippen LogP contribution in [-0.2, 0) is 5.41 Å². The fourth-order valence-electron chi connectivity index (χ4n) is 11.9. The van der Waals surface area contributed by atoms with Crippen molar-refractivity contribution in [1.82, 2.24) is 0 Å². The molecule has 13 aromatic carbocycles. The Labute approximate surface area is 420 Å². The average Bonchev–Trinajstić information content (AvgIpc) is 3.76. The Morgan fingerprint density at radius 3 is 1.29 bits per heavy atom. The van der Waals surface area contributed by atoms with Gasteiger partial charge in [0.25, 0.3) is 0 Å². The molecule has 0 saturated heterocycles. The summed E-state index contributed by atoms with van der Waals surface area (Å²) in [6, 6.07) is 105. The molecule has 72 heavy (non-hydrogen) atoms. The molecular formula is C71H47N. The molecule has 14 rings (SSSR count). The van der Waals surface area contributed by atoms with Crippen LogP contribution in [0.2, 0.25) is 0 Å². The van der Waals surface area contributed by atoms with E-state index in [2.05, 4.69) is 290 Å². The van der Waals surface area contributed by atoms with Gasteiger partial charge in [0.1, 0.15) is 0 Å². The van der Waals surface area contributed by atoms with E-state index < -0.39 is 5.41 Å². The first kappa shape index (κ1) is 41.7. The number of anilines is 3. The van der Waals surface area contributed by atoms with Crippen molar-refractivity contribution in [2.24, 2.45) is 0 Å². The van der Waals surface area contributed by atoms with Gasteiger partial charge >= 0.3 is 0 Å². The van der Waals surface area contributed by atoms with Crippen molar-refractivity contribution >= 4 is 60.2 Å². The fourth-order valence-corrected chi connectivity index (χ4v) is 11.9. The van der Waals surface area contributed by atoms with Gasteiger partial charge < -0.3 is 4.90 Å². The largest absolute Gasteiger partial charge is 0.311 e. The molecule has 0 atom stereocenters. The van der Waals surface area contributed by atoms with Crippen LogP contribution in [0, 0.1) is 0 Å². The monoisotopic (exact) mass is 913 g/mol. The lowest BCUT2D eigenvalue weighted by atomic mass is 9.67. The molecule has 1 nitrogen and oxygen atoms in total. The van der Waals surface area contributed by atoms with E-state index in [1.165, 1.54) is 110 Å². The molecule has 0 unspecified atom stereocenters. The molecule has 336 valence electrons. The second-order valence-electron chi connectivity index (χ2n) is 19.2. The summed E-state index contributed by atoms with van der Waals surface area (Å²) in [5, 5.41) is 10.1. The van der Waals surface area contributed by atoms with Crippen molar-refractivity contribution < 1.29 is 0 Å². The molecule has 0 fully saturated rings. The van der Waals surface area contributed by atoms with Gasteiger partial charge in [-0.05, 0) is 164 Å². The molecule has 0 amide bonds. The molecule has 0 aliphatic heterocycles. The molecule has 1 aliphatic rings. The number of nitrogens with zero attached hydrogens (tertiary/aromatic N) is 1. The molecule has 13 aromatic rings. The standard InChI is InChI=1S/C71H47N/c1-3-17-56(18-4-1)71(57-19-5-2-6-20-57)69-26-14-13-25-65(69)66-44-37-54(47-70(66)71)49-33-40-59(41-34-49)72(58-38-31-48(32-39-58)53-30-29-51-28-27-50-15-7-9-21-61(50)67(51)45-53)60-42-35-52(36-43-60)68-46-55-16-8-10-22-62(55)63-23-11-12-24-64(63)68/h1-47H. The topological polar surface area (TPSA) is 3.24 Å². The van der Waals surface area contributed by atoms with Crippen molar-refractivity contribution in [2.45, 2.75) is 5.41 Å². The van der Waals surface area contributed by atoms with E-state index in [0.29, 0.717) is 0 Å². The molecule has 1 aliphatic carbocycles. The Balaban J connectivity index is 0.874. The van der Waals surface area contributed by atoms with Crippen LogP contribution in [0.1, 0.15) is 22.3 Å². The summed E-state index contributed by atoms with van der Waals surface area (Å²) in [5.41, 5.74) is 17.7. The highest BCUT2D eigenvalue weighted by atomic mass is 15.1. The minimum absolute atomic E-state index is 0.459. The van der Waals surface area contributed by atoms with E-state index >= 15 is 0 Å². The predicted octanol–water partition coefficient (Wildman–Crippen LogP) is 19.1. The lowest BCUT2D eigenvalue weighted by Gasteiger charge is -2.34. The average molecular weight is 914 g/mol. The first-order chi connectivity index (χ1) is 35.7. The van der Waals surface area contributed by atoms with E-state index in [-0.39, 0.29) is 0 Å². The van der Waals surface area contributed by atoms with Crippen LogP contribution in [-0.4, -0.2) is 0 Å². The van der Waals surface area contributed by atoms with E-state index in [0.717, 1.165) is 17.1 Å². The van der Waals surface area contributed by atoms with Gasteiger partial charge in [-0.2, -0.15) is 0 Å². The van der Waals surface area contributed by atoms with E-state index in [4.69, 9.17) is 0 Å². The van der Waals surface area contributed by atoms with Crippen LogP contribution in [0.15, 0.2) is 285 Å². The quantitative estimate of drug-likeness (QED) is 0.137.